The molecule has 0 spiro atoms. The maximum absolute atomic E-state index is 13.3. The molecular weight excluding hydrogens is 554 g/mol. The summed E-state index contributed by atoms with van der Waals surface area (Å²) >= 11 is 6.21. The van der Waals surface area contributed by atoms with Gasteiger partial charge < -0.3 is 15.4 Å². The first-order valence-corrected chi connectivity index (χ1v) is 13.5. The molecule has 1 aliphatic carbocycles. The molecule has 212 valence electrons. The van der Waals surface area contributed by atoms with Crippen LogP contribution >= 0.6 is 11.6 Å². The van der Waals surface area contributed by atoms with Crippen LogP contribution in [0.4, 0.5) is 14.5 Å². The Morgan fingerprint density at radius 3 is 2.93 bits per heavy atom. The number of amides is 1. The summed E-state index contributed by atoms with van der Waals surface area (Å²) in [6, 6.07) is 8.49. The van der Waals surface area contributed by atoms with Crippen LogP contribution in [0.15, 0.2) is 60.7 Å². The highest BCUT2D eigenvalue weighted by atomic mass is 35.5. The monoisotopic (exact) mass is 580 g/mol. The average Bonchev–Trinajstić information content (AvgIpc) is 3.58. The lowest BCUT2D eigenvalue weighted by atomic mass is 9.90. The molecule has 0 radical (unpaired) electrons. The molecule has 4 aromatic rings. The first-order chi connectivity index (χ1) is 19.9. The fraction of sp³-hybridized carbons (Fsp3) is 0.321. The van der Waals surface area contributed by atoms with Gasteiger partial charge >= 0.3 is 6.61 Å². The summed E-state index contributed by atoms with van der Waals surface area (Å²) in [4.78, 5) is 17.5. The summed E-state index contributed by atoms with van der Waals surface area (Å²) in [5.41, 5.74) is 2.61. The van der Waals surface area contributed by atoms with E-state index in [0.29, 0.717) is 36.2 Å². The van der Waals surface area contributed by atoms with Crippen LogP contribution in [0.3, 0.4) is 0 Å². The molecule has 1 saturated carbocycles. The minimum Gasteiger partial charge on any atom is -0.434 e. The molecule has 3 aromatic heterocycles. The van der Waals surface area contributed by atoms with E-state index in [1.54, 1.807) is 29.3 Å². The van der Waals surface area contributed by atoms with Gasteiger partial charge in [-0.25, -0.2) is 9.50 Å². The molecule has 5 rings (SSSR count). The minimum atomic E-state index is -3.06. The Kier molecular flexibility index (Phi) is 8.86. The zero-order valence-corrected chi connectivity index (χ0v) is 22.7. The van der Waals surface area contributed by atoms with Gasteiger partial charge in [0.2, 0.25) is 0 Å². The van der Waals surface area contributed by atoms with Gasteiger partial charge in [-0.3, -0.25) is 9.48 Å². The van der Waals surface area contributed by atoms with Crippen LogP contribution in [-0.2, 0) is 6.54 Å². The van der Waals surface area contributed by atoms with Gasteiger partial charge in [-0.2, -0.15) is 24.2 Å². The minimum absolute atomic E-state index is 0.122. The number of hydrogen-bond donors (Lipinski definition) is 2. The van der Waals surface area contributed by atoms with Crippen molar-refractivity contribution in [3.63, 3.8) is 0 Å². The first kappa shape index (κ1) is 28.2. The van der Waals surface area contributed by atoms with Crippen molar-refractivity contribution >= 4 is 28.8 Å². The third-order valence-electron chi connectivity index (χ3n) is 6.81. The lowest BCUT2D eigenvalue weighted by Crippen LogP contribution is -2.32. The van der Waals surface area contributed by atoms with Gasteiger partial charge in [-0.15, -0.1) is 0 Å². The van der Waals surface area contributed by atoms with Crippen molar-refractivity contribution in [3.05, 3.63) is 71.3 Å². The molecule has 0 atom stereocenters. The predicted octanol–water partition coefficient (Wildman–Crippen LogP) is 5.47. The number of benzene rings is 1. The number of carbonyl (C=O) groups is 1. The van der Waals surface area contributed by atoms with Crippen LogP contribution in [0.2, 0.25) is 5.02 Å². The lowest BCUT2D eigenvalue weighted by molar-refractivity contribution is -0.0494. The van der Waals surface area contributed by atoms with Crippen LogP contribution in [0.5, 0.6) is 5.75 Å². The summed E-state index contributed by atoms with van der Waals surface area (Å²) < 4.78 is 34.3. The van der Waals surface area contributed by atoms with Gasteiger partial charge in [0.05, 0.1) is 24.5 Å². The van der Waals surface area contributed by atoms with Crippen molar-refractivity contribution in [2.24, 2.45) is 0 Å². The van der Waals surface area contributed by atoms with E-state index in [1.165, 1.54) is 34.5 Å². The third kappa shape index (κ3) is 6.87. The van der Waals surface area contributed by atoms with E-state index in [-0.39, 0.29) is 28.3 Å². The van der Waals surface area contributed by atoms with E-state index in [2.05, 4.69) is 38.0 Å². The summed E-state index contributed by atoms with van der Waals surface area (Å²) in [5, 5.41) is 24.1. The summed E-state index contributed by atoms with van der Waals surface area (Å²) in [7, 11) is 0. The predicted molar refractivity (Wildman–Crippen MR) is 149 cm³/mol. The Morgan fingerprint density at radius 1 is 1.32 bits per heavy atom. The Labute approximate surface area is 239 Å². The van der Waals surface area contributed by atoms with Crippen LogP contribution < -0.4 is 15.4 Å². The molecule has 1 amide bonds. The zero-order valence-electron chi connectivity index (χ0n) is 21.9. The number of ether oxygens (including phenoxy) is 1. The molecule has 0 aliphatic heterocycles. The Bertz CT molecular complexity index is 1600. The normalized spacial score (nSPS) is 15.2. The topological polar surface area (TPSA) is 122 Å². The Morgan fingerprint density at radius 2 is 2.15 bits per heavy atom. The van der Waals surface area contributed by atoms with Crippen molar-refractivity contribution in [1.82, 2.24) is 29.7 Å². The molecule has 1 fully saturated rings. The molecule has 1 aromatic carbocycles. The van der Waals surface area contributed by atoms with Crippen molar-refractivity contribution in [2.75, 3.05) is 11.9 Å². The second-order valence-electron chi connectivity index (χ2n) is 9.53. The smallest absolute Gasteiger partial charge is 0.387 e. The summed E-state index contributed by atoms with van der Waals surface area (Å²) in [6.07, 6.45) is 12.7. The zero-order chi connectivity index (χ0) is 28.8. The van der Waals surface area contributed by atoms with E-state index in [0.717, 1.165) is 25.7 Å². The molecule has 3 heterocycles. The largest absolute Gasteiger partial charge is 0.434 e. The maximum atomic E-state index is 13.3. The van der Waals surface area contributed by atoms with E-state index in [4.69, 9.17) is 21.6 Å². The standard InChI is InChI=1S/C28H27ClF2N8O2/c29-19-5-8-24(41-28(30)31)21(15-19)25-23(36-27(40)22-16-35-39-13-2-12-34-26(22)39)17-38(37-25)14-9-18-3-6-20(7-4-18)33-11-1-10-32/h2,5,8-9,12-13,15-17,20,28,33H,1,3-4,6-7,11,14H2,(H,36,40). The van der Waals surface area contributed by atoms with Crippen molar-refractivity contribution < 1.29 is 18.3 Å². The second-order valence-corrected chi connectivity index (χ2v) is 9.97. The lowest BCUT2D eigenvalue weighted by Gasteiger charge is -2.24. The van der Waals surface area contributed by atoms with Gasteiger partial charge in [0, 0.05) is 48.2 Å². The number of nitrogens with zero attached hydrogens (tertiary/aromatic N) is 6. The van der Waals surface area contributed by atoms with Crippen molar-refractivity contribution in [1.29, 1.82) is 5.26 Å². The number of alkyl halides is 2. The first-order valence-electron chi connectivity index (χ1n) is 13.1. The van der Waals surface area contributed by atoms with Crippen molar-refractivity contribution in [3.8, 4) is 23.1 Å². The number of nitrogens with one attached hydrogen (secondary N) is 2. The molecule has 41 heavy (non-hydrogen) atoms. The number of hydrogen-bond acceptors (Lipinski definition) is 7. The number of carbonyl (C=O) groups excluding carboxylic acids is 1. The highest BCUT2D eigenvalue weighted by molar-refractivity contribution is 6.31. The van der Waals surface area contributed by atoms with Crippen LogP contribution in [0, 0.1) is 11.3 Å². The number of anilines is 1. The van der Waals surface area contributed by atoms with Crippen LogP contribution in [-0.4, -0.2) is 49.5 Å². The SMILES string of the molecule is N#CCCNC1CCC(=CCn2cc(NC(=O)c3cnn4cccnc34)c(-c3cc(Cl)ccc3OC(F)F)n2)CC1. The van der Waals surface area contributed by atoms with E-state index < -0.39 is 12.5 Å². The molecule has 0 saturated heterocycles. The van der Waals surface area contributed by atoms with Gasteiger partial charge in [0.15, 0.2) is 5.65 Å². The molecule has 1 aliphatic rings. The number of fused-ring (bicyclic) bond motifs is 1. The van der Waals surface area contributed by atoms with E-state index >= 15 is 0 Å². The van der Waals surface area contributed by atoms with Crippen molar-refractivity contribution in [2.45, 2.75) is 51.3 Å². The molecular formula is C28H27ClF2N8O2. The molecule has 0 bridgehead atoms. The van der Waals surface area contributed by atoms with Crippen LogP contribution in [0.1, 0.15) is 42.5 Å². The molecule has 13 heteroatoms. The Hall–Kier alpha value is -4.34. The number of halogens is 3. The fourth-order valence-electron chi connectivity index (χ4n) is 4.82. The summed E-state index contributed by atoms with van der Waals surface area (Å²) in [5.74, 6) is -0.609. The number of rotatable bonds is 10. The Balaban J connectivity index is 1.41. The second kappa shape index (κ2) is 12.9. The number of allylic oxidation sites excluding steroid dienone is 2. The molecule has 2 N–H and O–H groups in total. The summed E-state index contributed by atoms with van der Waals surface area (Å²) in [6.45, 7) is -1.96. The maximum Gasteiger partial charge on any atom is 0.387 e. The molecule has 10 nitrogen and oxygen atoms in total. The van der Waals surface area contributed by atoms with Gasteiger partial charge in [-0.05, 0) is 49.9 Å². The quantitative estimate of drug-likeness (QED) is 0.188. The van der Waals surface area contributed by atoms with E-state index in [1.807, 2.05) is 0 Å². The van der Waals surface area contributed by atoms with Gasteiger partial charge in [-0.1, -0.05) is 23.3 Å². The average molecular weight is 581 g/mol. The third-order valence-corrected chi connectivity index (χ3v) is 7.05. The number of nitriles is 1. The van der Waals surface area contributed by atoms with E-state index in [9.17, 15) is 13.6 Å². The highest BCUT2D eigenvalue weighted by Gasteiger charge is 2.22. The van der Waals surface area contributed by atoms with Gasteiger partial charge in [0.1, 0.15) is 17.0 Å². The van der Waals surface area contributed by atoms with Crippen LogP contribution in [0.25, 0.3) is 16.9 Å². The highest BCUT2D eigenvalue weighted by Crippen LogP contribution is 2.37. The molecule has 0 unspecified atom stereocenters. The fourth-order valence-corrected chi connectivity index (χ4v) is 4.99. The number of aromatic nitrogens is 5. The van der Waals surface area contributed by atoms with Gasteiger partial charge in [0.25, 0.3) is 5.91 Å².